The standard InChI is InChI=1S/C20H17N5O2/c1-12-10-17(27-25-12)18-13(2)23-20(16-11-21-8-9-22-16)24-19(18)14-4-6-15(26-3)7-5-14/h4-11H,1-3H3. The maximum absolute atomic E-state index is 5.50. The van der Waals surface area contributed by atoms with E-state index in [9.17, 15) is 0 Å². The van der Waals surface area contributed by atoms with Crippen LogP contribution >= 0.6 is 0 Å². The highest BCUT2D eigenvalue weighted by Crippen LogP contribution is 2.35. The molecule has 1 aromatic carbocycles. The first-order valence-electron chi connectivity index (χ1n) is 8.39. The fourth-order valence-corrected chi connectivity index (χ4v) is 2.84. The number of hydrogen-bond donors (Lipinski definition) is 0. The molecule has 7 nitrogen and oxygen atoms in total. The molecule has 0 amide bonds. The van der Waals surface area contributed by atoms with Crippen LogP contribution in [0.5, 0.6) is 5.75 Å². The lowest BCUT2D eigenvalue weighted by Gasteiger charge is -2.12. The Balaban J connectivity index is 1.95. The Bertz CT molecular complexity index is 1080. The van der Waals surface area contributed by atoms with Gasteiger partial charge in [0.15, 0.2) is 11.6 Å². The smallest absolute Gasteiger partial charge is 0.180 e. The zero-order chi connectivity index (χ0) is 18.8. The van der Waals surface area contributed by atoms with Crippen LogP contribution in [-0.2, 0) is 0 Å². The maximum atomic E-state index is 5.50. The first-order chi connectivity index (χ1) is 13.2. The van der Waals surface area contributed by atoms with Gasteiger partial charge in [-0.25, -0.2) is 15.0 Å². The molecule has 3 heterocycles. The van der Waals surface area contributed by atoms with Crippen LogP contribution in [0.2, 0.25) is 0 Å². The average Bonchev–Trinajstić information content (AvgIpc) is 3.14. The van der Waals surface area contributed by atoms with Gasteiger partial charge in [-0.05, 0) is 38.1 Å². The van der Waals surface area contributed by atoms with Crippen molar-refractivity contribution >= 4 is 0 Å². The summed E-state index contributed by atoms with van der Waals surface area (Å²) >= 11 is 0. The fourth-order valence-electron chi connectivity index (χ4n) is 2.84. The third kappa shape index (κ3) is 3.27. The minimum atomic E-state index is 0.506. The van der Waals surface area contributed by atoms with E-state index in [-0.39, 0.29) is 0 Å². The minimum absolute atomic E-state index is 0.506. The third-order valence-corrected chi connectivity index (χ3v) is 4.12. The van der Waals surface area contributed by atoms with Crippen molar-refractivity contribution < 1.29 is 9.26 Å². The molecule has 0 bridgehead atoms. The zero-order valence-corrected chi connectivity index (χ0v) is 15.2. The van der Waals surface area contributed by atoms with Crippen LogP contribution in [0.4, 0.5) is 0 Å². The summed E-state index contributed by atoms with van der Waals surface area (Å²) in [6.07, 6.45) is 4.88. The minimum Gasteiger partial charge on any atom is -0.497 e. The van der Waals surface area contributed by atoms with Gasteiger partial charge < -0.3 is 9.26 Å². The Labute approximate surface area is 156 Å². The molecule has 4 aromatic rings. The van der Waals surface area contributed by atoms with E-state index < -0.39 is 0 Å². The van der Waals surface area contributed by atoms with Gasteiger partial charge in [-0.2, -0.15) is 0 Å². The predicted octanol–water partition coefficient (Wildman–Crippen LogP) is 3.88. The van der Waals surface area contributed by atoms with Crippen molar-refractivity contribution in [2.75, 3.05) is 7.11 Å². The van der Waals surface area contributed by atoms with Crippen molar-refractivity contribution in [1.82, 2.24) is 25.1 Å². The van der Waals surface area contributed by atoms with Gasteiger partial charge in [0.25, 0.3) is 0 Å². The number of rotatable bonds is 4. The summed E-state index contributed by atoms with van der Waals surface area (Å²) in [5.74, 6) is 1.91. The van der Waals surface area contributed by atoms with Gasteiger partial charge in [0.2, 0.25) is 0 Å². The van der Waals surface area contributed by atoms with Gasteiger partial charge >= 0.3 is 0 Å². The van der Waals surface area contributed by atoms with E-state index in [1.54, 1.807) is 25.7 Å². The molecule has 0 N–H and O–H groups in total. The van der Waals surface area contributed by atoms with Crippen LogP contribution in [0.1, 0.15) is 11.4 Å². The number of methoxy groups -OCH3 is 1. The highest BCUT2D eigenvalue weighted by atomic mass is 16.5. The van der Waals surface area contributed by atoms with E-state index in [4.69, 9.17) is 14.2 Å². The van der Waals surface area contributed by atoms with Crippen molar-refractivity contribution in [2.45, 2.75) is 13.8 Å². The molecule has 0 fully saturated rings. The summed E-state index contributed by atoms with van der Waals surface area (Å²) in [6, 6.07) is 9.57. The summed E-state index contributed by atoms with van der Waals surface area (Å²) in [7, 11) is 1.64. The van der Waals surface area contributed by atoms with Gasteiger partial charge in [-0.3, -0.25) is 4.98 Å². The van der Waals surface area contributed by atoms with Gasteiger partial charge in [0.05, 0.1) is 36.0 Å². The van der Waals surface area contributed by atoms with Crippen LogP contribution in [-0.4, -0.2) is 32.2 Å². The summed E-state index contributed by atoms with van der Waals surface area (Å²) in [5.41, 5.74) is 4.62. The highest BCUT2D eigenvalue weighted by molar-refractivity contribution is 5.81. The van der Waals surface area contributed by atoms with Crippen molar-refractivity contribution in [3.8, 4) is 39.8 Å². The lowest BCUT2D eigenvalue weighted by molar-refractivity contribution is 0.415. The topological polar surface area (TPSA) is 86.8 Å². The van der Waals surface area contributed by atoms with Crippen molar-refractivity contribution in [3.05, 3.63) is 60.3 Å². The normalized spacial score (nSPS) is 10.8. The summed E-state index contributed by atoms with van der Waals surface area (Å²) in [6.45, 7) is 3.80. The fraction of sp³-hybridized carbons (Fsp3) is 0.150. The van der Waals surface area contributed by atoms with Crippen molar-refractivity contribution in [3.63, 3.8) is 0 Å². The van der Waals surface area contributed by atoms with E-state index in [0.717, 1.165) is 34.0 Å². The van der Waals surface area contributed by atoms with E-state index in [2.05, 4.69) is 20.1 Å². The summed E-state index contributed by atoms with van der Waals surface area (Å²) in [4.78, 5) is 17.8. The molecule has 4 rings (SSSR count). The Hall–Kier alpha value is -3.61. The molecule has 7 heteroatoms. The van der Waals surface area contributed by atoms with Crippen LogP contribution in [0, 0.1) is 13.8 Å². The molecular formula is C20H17N5O2. The predicted molar refractivity (Wildman–Crippen MR) is 100 cm³/mol. The first-order valence-corrected chi connectivity index (χ1v) is 8.39. The van der Waals surface area contributed by atoms with Crippen LogP contribution in [0.15, 0.2) is 53.4 Å². The zero-order valence-electron chi connectivity index (χ0n) is 15.2. The Morgan fingerprint density at radius 3 is 2.44 bits per heavy atom. The maximum Gasteiger partial charge on any atom is 0.180 e. The van der Waals surface area contributed by atoms with E-state index in [0.29, 0.717) is 17.3 Å². The second-order valence-electron chi connectivity index (χ2n) is 6.01. The number of aromatic nitrogens is 5. The third-order valence-electron chi connectivity index (χ3n) is 4.12. The average molecular weight is 359 g/mol. The molecule has 0 aliphatic carbocycles. The molecular weight excluding hydrogens is 342 g/mol. The second kappa shape index (κ2) is 6.95. The molecule has 0 radical (unpaired) electrons. The highest BCUT2D eigenvalue weighted by Gasteiger charge is 2.20. The summed E-state index contributed by atoms with van der Waals surface area (Å²) < 4.78 is 10.8. The molecule has 0 saturated carbocycles. The molecule has 3 aromatic heterocycles. The van der Waals surface area contributed by atoms with Gasteiger partial charge in [0, 0.05) is 24.0 Å². The molecule has 134 valence electrons. The van der Waals surface area contributed by atoms with Gasteiger partial charge in [-0.15, -0.1) is 0 Å². The number of nitrogens with zero attached hydrogens (tertiary/aromatic N) is 5. The monoisotopic (exact) mass is 359 g/mol. The van der Waals surface area contributed by atoms with Crippen molar-refractivity contribution in [2.24, 2.45) is 0 Å². The Morgan fingerprint density at radius 1 is 1.00 bits per heavy atom. The Morgan fingerprint density at radius 2 is 1.81 bits per heavy atom. The SMILES string of the molecule is COc1ccc(-c2nc(-c3cnccn3)nc(C)c2-c2cc(C)no2)cc1. The van der Waals surface area contributed by atoms with Crippen molar-refractivity contribution in [1.29, 1.82) is 0 Å². The summed E-state index contributed by atoms with van der Waals surface area (Å²) in [5, 5.41) is 4.00. The lowest BCUT2D eigenvalue weighted by atomic mass is 10.0. The quantitative estimate of drug-likeness (QED) is 0.546. The molecule has 0 aliphatic heterocycles. The van der Waals surface area contributed by atoms with E-state index in [1.165, 1.54) is 0 Å². The second-order valence-corrected chi connectivity index (χ2v) is 6.01. The molecule has 0 aliphatic rings. The van der Waals surface area contributed by atoms with E-state index in [1.807, 2.05) is 44.2 Å². The molecule has 0 atom stereocenters. The first kappa shape index (κ1) is 16.8. The molecule has 0 spiro atoms. The number of ether oxygens (including phenoxy) is 1. The van der Waals surface area contributed by atoms with Gasteiger partial charge in [0.1, 0.15) is 11.4 Å². The number of hydrogen-bond acceptors (Lipinski definition) is 7. The largest absolute Gasteiger partial charge is 0.497 e. The Kier molecular flexibility index (Phi) is 4.33. The lowest BCUT2D eigenvalue weighted by Crippen LogP contribution is -2.01. The number of benzene rings is 1. The van der Waals surface area contributed by atoms with E-state index >= 15 is 0 Å². The molecule has 27 heavy (non-hydrogen) atoms. The number of aryl methyl sites for hydroxylation is 2. The molecule has 0 unspecified atom stereocenters. The van der Waals surface area contributed by atoms with Gasteiger partial charge in [-0.1, -0.05) is 5.16 Å². The van der Waals surface area contributed by atoms with Crippen LogP contribution in [0.3, 0.4) is 0 Å². The van der Waals surface area contributed by atoms with Crippen LogP contribution < -0.4 is 4.74 Å². The molecule has 0 saturated heterocycles. The van der Waals surface area contributed by atoms with Crippen LogP contribution in [0.25, 0.3) is 34.1 Å².